The van der Waals surface area contributed by atoms with Crippen molar-refractivity contribution in [3.8, 4) is 0 Å². The molecule has 0 atom stereocenters. The zero-order chi connectivity index (χ0) is 24.4. The zero-order valence-corrected chi connectivity index (χ0v) is 20.3. The summed E-state index contributed by atoms with van der Waals surface area (Å²) in [4.78, 5) is 36.6. The fraction of sp³-hybridized carbons (Fsp3) is 0.292. The third-order valence-electron chi connectivity index (χ3n) is 5.86. The Morgan fingerprint density at radius 2 is 1.71 bits per heavy atom. The molecule has 2 heterocycles. The number of aromatic nitrogens is 2. The molecule has 0 aliphatic carbocycles. The largest absolute Gasteiger partial charge is 0.353 e. The molecule has 0 unspecified atom stereocenters. The fourth-order valence-electron chi connectivity index (χ4n) is 4.08. The first kappa shape index (κ1) is 23.9. The minimum absolute atomic E-state index is 0.0777. The van der Waals surface area contributed by atoms with E-state index in [-0.39, 0.29) is 22.2 Å². The number of rotatable bonds is 5. The molecule has 0 saturated carbocycles. The third-order valence-corrected chi connectivity index (χ3v) is 6.42. The summed E-state index contributed by atoms with van der Waals surface area (Å²) in [5.41, 5.74) is 3.20. The summed E-state index contributed by atoms with van der Waals surface area (Å²) in [5.74, 6) is 1.33. The van der Waals surface area contributed by atoms with Crippen LogP contribution in [0.1, 0.15) is 33.0 Å². The lowest BCUT2D eigenvalue weighted by molar-refractivity contribution is -0.384. The lowest BCUT2D eigenvalue weighted by Gasteiger charge is -2.36. The third kappa shape index (κ3) is 5.13. The molecule has 10 heteroatoms. The molecule has 1 aromatic heterocycles. The van der Waals surface area contributed by atoms with Crippen molar-refractivity contribution in [3.05, 3.63) is 90.8 Å². The number of nitrogens with zero attached hydrogens (tertiary/aromatic N) is 5. The van der Waals surface area contributed by atoms with E-state index in [1.807, 2.05) is 38.1 Å². The van der Waals surface area contributed by atoms with Gasteiger partial charge in [0.1, 0.15) is 11.6 Å². The van der Waals surface area contributed by atoms with Gasteiger partial charge in [0.05, 0.1) is 15.5 Å². The van der Waals surface area contributed by atoms with Crippen LogP contribution in [-0.4, -0.2) is 51.9 Å². The smallest absolute Gasteiger partial charge is 0.270 e. The number of benzene rings is 2. The Morgan fingerprint density at radius 3 is 2.32 bits per heavy atom. The van der Waals surface area contributed by atoms with Crippen molar-refractivity contribution in [3.63, 3.8) is 0 Å². The van der Waals surface area contributed by atoms with Gasteiger partial charge in [0, 0.05) is 61.0 Å². The van der Waals surface area contributed by atoms with E-state index in [0.29, 0.717) is 43.4 Å². The summed E-state index contributed by atoms with van der Waals surface area (Å²) >= 11 is 12.2. The van der Waals surface area contributed by atoms with Crippen LogP contribution >= 0.6 is 23.2 Å². The highest BCUT2D eigenvalue weighted by Gasteiger charge is 2.27. The highest BCUT2D eigenvalue weighted by Crippen LogP contribution is 2.27. The first-order chi connectivity index (χ1) is 16.2. The van der Waals surface area contributed by atoms with Crippen LogP contribution in [0.2, 0.25) is 10.0 Å². The minimum Gasteiger partial charge on any atom is -0.353 e. The van der Waals surface area contributed by atoms with E-state index in [2.05, 4.69) is 9.88 Å². The van der Waals surface area contributed by atoms with E-state index in [1.54, 1.807) is 4.90 Å². The van der Waals surface area contributed by atoms with Crippen LogP contribution in [0.3, 0.4) is 0 Å². The maximum absolute atomic E-state index is 13.0. The van der Waals surface area contributed by atoms with Gasteiger partial charge in [-0.2, -0.15) is 0 Å². The Balaban J connectivity index is 1.51. The number of anilines is 1. The summed E-state index contributed by atoms with van der Waals surface area (Å²) < 4.78 is 0. The van der Waals surface area contributed by atoms with E-state index in [0.717, 1.165) is 22.6 Å². The van der Waals surface area contributed by atoms with Crippen molar-refractivity contribution in [1.29, 1.82) is 0 Å². The van der Waals surface area contributed by atoms with E-state index in [1.165, 1.54) is 18.2 Å². The molecule has 1 aliphatic heterocycles. The summed E-state index contributed by atoms with van der Waals surface area (Å²) in [5, 5.41) is 11.7. The number of piperazine rings is 1. The number of carbonyl (C=O) groups is 1. The number of hydrogen-bond donors (Lipinski definition) is 0. The Hall–Kier alpha value is -3.23. The molecular weight excluding hydrogens is 477 g/mol. The topological polar surface area (TPSA) is 92.5 Å². The number of carbonyl (C=O) groups excluding carboxylic acids is 1. The Bertz CT molecular complexity index is 1240. The molecule has 4 rings (SSSR count). The van der Waals surface area contributed by atoms with Crippen molar-refractivity contribution < 1.29 is 9.72 Å². The minimum atomic E-state index is -0.535. The second-order valence-electron chi connectivity index (χ2n) is 8.16. The van der Waals surface area contributed by atoms with Gasteiger partial charge in [-0.05, 0) is 37.6 Å². The van der Waals surface area contributed by atoms with Crippen LogP contribution in [0.25, 0.3) is 0 Å². The average molecular weight is 500 g/mol. The molecule has 1 aliphatic rings. The average Bonchev–Trinajstić information content (AvgIpc) is 2.81. The Labute approximate surface area is 207 Å². The van der Waals surface area contributed by atoms with Gasteiger partial charge in [-0.3, -0.25) is 14.9 Å². The number of halogens is 2. The lowest BCUT2D eigenvalue weighted by Crippen LogP contribution is -2.49. The van der Waals surface area contributed by atoms with Crippen molar-refractivity contribution in [2.24, 2.45) is 0 Å². The van der Waals surface area contributed by atoms with Crippen molar-refractivity contribution in [2.45, 2.75) is 20.3 Å². The molecular formula is C24H23Cl2N5O3. The Kier molecular flexibility index (Phi) is 7.00. The van der Waals surface area contributed by atoms with Gasteiger partial charge in [-0.25, -0.2) is 9.97 Å². The van der Waals surface area contributed by atoms with Gasteiger partial charge in [0.25, 0.3) is 11.6 Å². The standard InChI is InChI=1S/C24H23Cl2N5O3/c1-15-21(13-17-3-5-18(25)6-4-17)23(28-16(2)27-15)29-9-11-30(12-10-29)24(32)20-8-7-19(31(33)34)14-22(20)26/h3-8,14H,9-13H2,1-2H3. The molecule has 0 bridgehead atoms. The molecule has 0 spiro atoms. The Morgan fingerprint density at radius 1 is 1.03 bits per heavy atom. The number of aryl methyl sites for hydroxylation is 2. The van der Waals surface area contributed by atoms with Gasteiger partial charge < -0.3 is 9.80 Å². The summed E-state index contributed by atoms with van der Waals surface area (Å²) in [6.45, 7) is 6.02. The van der Waals surface area contributed by atoms with Crippen LogP contribution in [0.15, 0.2) is 42.5 Å². The summed E-state index contributed by atoms with van der Waals surface area (Å²) in [6, 6.07) is 11.6. The van der Waals surface area contributed by atoms with Crippen molar-refractivity contribution >= 4 is 40.6 Å². The van der Waals surface area contributed by atoms with E-state index >= 15 is 0 Å². The number of non-ortho nitro benzene ring substituents is 1. The molecule has 3 aromatic rings. The van der Waals surface area contributed by atoms with Gasteiger partial charge in [-0.1, -0.05) is 35.3 Å². The maximum atomic E-state index is 13.0. The van der Waals surface area contributed by atoms with Crippen molar-refractivity contribution in [1.82, 2.24) is 14.9 Å². The molecule has 8 nitrogen and oxygen atoms in total. The normalized spacial score (nSPS) is 13.8. The first-order valence-electron chi connectivity index (χ1n) is 10.8. The van der Waals surface area contributed by atoms with Crippen LogP contribution in [0.4, 0.5) is 11.5 Å². The SMILES string of the molecule is Cc1nc(C)c(Cc2ccc(Cl)cc2)c(N2CCN(C(=O)c3ccc([N+](=O)[O-])cc3Cl)CC2)n1. The van der Waals surface area contributed by atoms with Gasteiger partial charge in [0.15, 0.2) is 0 Å². The summed E-state index contributed by atoms with van der Waals surface area (Å²) in [6.07, 6.45) is 0.677. The highest BCUT2D eigenvalue weighted by molar-refractivity contribution is 6.34. The predicted molar refractivity (Wildman–Crippen MR) is 132 cm³/mol. The van der Waals surface area contributed by atoms with Crippen LogP contribution < -0.4 is 4.90 Å². The van der Waals surface area contributed by atoms with Crippen molar-refractivity contribution in [2.75, 3.05) is 31.1 Å². The highest BCUT2D eigenvalue weighted by atomic mass is 35.5. The first-order valence-corrected chi connectivity index (χ1v) is 11.5. The molecule has 2 aromatic carbocycles. The van der Waals surface area contributed by atoms with Gasteiger partial charge >= 0.3 is 0 Å². The molecule has 1 saturated heterocycles. The molecule has 0 radical (unpaired) electrons. The number of hydrogen-bond acceptors (Lipinski definition) is 6. The second kappa shape index (κ2) is 9.95. The maximum Gasteiger partial charge on any atom is 0.270 e. The van der Waals surface area contributed by atoms with Crippen LogP contribution in [-0.2, 0) is 6.42 Å². The van der Waals surface area contributed by atoms with Crippen LogP contribution in [0.5, 0.6) is 0 Å². The summed E-state index contributed by atoms with van der Waals surface area (Å²) in [7, 11) is 0. The molecule has 34 heavy (non-hydrogen) atoms. The zero-order valence-electron chi connectivity index (χ0n) is 18.8. The number of nitro groups is 1. The molecule has 1 fully saturated rings. The van der Waals surface area contributed by atoms with E-state index in [4.69, 9.17) is 28.2 Å². The number of nitro benzene ring substituents is 1. The predicted octanol–water partition coefficient (Wildman–Crippen LogP) is 4.86. The number of amides is 1. The van der Waals surface area contributed by atoms with Gasteiger partial charge in [-0.15, -0.1) is 0 Å². The fourth-order valence-corrected chi connectivity index (χ4v) is 4.46. The van der Waals surface area contributed by atoms with Crippen LogP contribution in [0, 0.1) is 24.0 Å². The van der Waals surface area contributed by atoms with Gasteiger partial charge in [0.2, 0.25) is 0 Å². The monoisotopic (exact) mass is 499 g/mol. The quantitative estimate of drug-likeness (QED) is 0.367. The molecule has 176 valence electrons. The molecule has 1 amide bonds. The van der Waals surface area contributed by atoms with E-state index < -0.39 is 4.92 Å². The van der Waals surface area contributed by atoms with E-state index in [9.17, 15) is 14.9 Å². The molecule has 0 N–H and O–H groups in total. The lowest BCUT2D eigenvalue weighted by atomic mass is 10.0. The second-order valence-corrected chi connectivity index (χ2v) is 9.01.